The molecule has 2 rings (SSSR count). The summed E-state index contributed by atoms with van der Waals surface area (Å²) in [6, 6.07) is 0. The summed E-state index contributed by atoms with van der Waals surface area (Å²) in [5.74, 6) is 0.624. The van der Waals surface area contributed by atoms with Gasteiger partial charge in [-0.1, -0.05) is 11.6 Å². The second-order valence-corrected chi connectivity index (χ2v) is 3.68. The van der Waals surface area contributed by atoms with E-state index in [1.165, 1.54) is 6.20 Å². The zero-order valence-corrected chi connectivity index (χ0v) is 7.75. The van der Waals surface area contributed by atoms with E-state index >= 15 is 0 Å². The van der Waals surface area contributed by atoms with Crippen LogP contribution in [0, 0.1) is 0 Å². The van der Waals surface area contributed by atoms with Crippen LogP contribution in [0.15, 0.2) is 12.4 Å². The molecule has 0 unspecified atom stereocenters. The Bertz CT molecular complexity index is 314. The maximum absolute atomic E-state index is 9.04. The molecule has 1 aromatic rings. The van der Waals surface area contributed by atoms with E-state index in [4.69, 9.17) is 16.7 Å². The molecule has 1 aromatic heterocycles. The summed E-state index contributed by atoms with van der Waals surface area (Å²) in [5, 5.41) is 12.5. The molecule has 1 aliphatic rings. The van der Waals surface area contributed by atoms with Crippen molar-refractivity contribution in [2.45, 2.75) is 18.4 Å². The first-order valence-corrected chi connectivity index (χ1v) is 4.48. The SMILES string of the molecule is OCC1(Nc2cncc(Cl)n2)CC1. The van der Waals surface area contributed by atoms with Gasteiger partial charge in [0.2, 0.25) is 0 Å². The topological polar surface area (TPSA) is 58.0 Å². The molecule has 0 aromatic carbocycles. The van der Waals surface area contributed by atoms with E-state index in [1.807, 2.05) is 0 Å². The molecule has 1 aliphatic carbocycles. The van der Waals surface area contributed by atoms with Gasteiger partial charge in [-0.05, 0) is 12.8 Å². The summed E-state index contributed by atoms with van der Waals surface area (Å²) in [6.45, 7) is 0.126. The summed E-state index contributed by atoms with van der Waals surface area (Å²) in [7, 11) is 0. The molecule has 2 N–H and O–H groups in total. The third-order valence-corrected chi connectivity index (χ3v) is 2.34. The quantitative estimate of drug-likeness (QED) is 0.765. The van der Waals surface area contributed by atoms with Crippen molar-refractivity contribution in [1.82, 2.24) is 9.97 Å². The molecule has 0 bridgehead atoms. The first-order valence-electron chi connectivity index (χ1n) is 4.11. The number of hydrogen-bond donors (Lipinski definition) is 2. The van der Waals surface area contributed by atoms with Crippen LogP contribution < -0.4 is 5.32 Å². The lowest BCUT2D eigenvalue weighted by Gasteiger charge is -2.14. The molecule has 1 heterocycles. The fourth-order valence-corrected chi connectivity index (χ4v) is 1.30. The lowest BCUT2D eigenvalue weighted by atomic mass is 10.3. The van der Waals surface area contributed by atoms with E-state index in [2.05, 4.69) is 15.3 Å². The van der Waals surface area contributed by atoms with Gasteiger partial charge in [0, 0.05) is 0 Å². The van der Waals surface area contributed by atoms with Crippen molar-refractivity contribution in [2.75, 3.05) is 11.9 Å². The Balaban J connectivity index is 2.09. The maximum atomic E-state index is 9.04. The number of nitrogens with one attached hydrogen (secondary N) is 1. The average Bonchev–Trinajstić information content (AvgIpc) is 2.86. The van der Waals surface area contributed by atoms with Gasteiger partial charge in [0.15, 0.2) is 0 Å². The normalized spacial score (nSPS) is 18.3. The standard InChI is InChI=1S/C8H10ClN3O/c9-6-3-10-4-7(11-6)12-8(5-13)1-2-8/h3-4,13H,1-2,5H2,(H,11,12). The summed E-state index contributed by atoms with van der Waals surface area (Å²) in [5.41, 5.74) is -0.167. The van der Waals surface area contributed by atoms with Gasteiger partial charge in [0.25, 0.3) is 0 Å². The van der Waals surface area contributed by atoms with Crippen molar-refractivity contribution in [3.8, 4) is 0 Å². The fraction of sp³-hybridized carbons (Fsp3) is 0.500. The van der Waals surface area contributed by atoms with E-state index in [-0.39, 0.29) is 12.1 Å². The average molecular weight is 200 g/mol. The van der Waals surface area contributed by atoms with Gasteiger partial charge >= 0.3 is 0 Å². The first-order chi connectivity index (χ1) is 6.24. The zero-order chi connectivity index (χ0) is 9.31. The second kappa shape index (κ2) is 3.12. The zero-order valence-electron chi connectivity index (χ0n) is 7.00. The third-order valence-electron chi connectivity index (χ3n) is 2.15. The number of rotatable bonds is 3. The number of aliphatic hydroxyl groups excluding tert-OH is 1. The van der Waals surface area contributed by atoms with E-state index in [9.17, 15) is 0 Å². The van der Waals surface area contributed by atoms with Gasteiger partial charge in [-0.25, -0.2) is 4.98 Å². The number of anilines is 1. The Hall–Kier alpha value is -0.870. The van der Waals surface area contributed by atoms with Crippen LogP contribution in [0.4, 0.5) is 5.82 Å². The highest BCUT2D eigenvalue weighted by Crippen LogP contribution is 2.37. The molecule has 0 spiro atoms. The molecule has 0 radical (unpaired) electrons. The maximum Gasteiger partial charge on any atom is 0.149 e. The van der Waals surface area contributed by atoms with Gasteiger partial charge in [0.05, 0.1) is 24.5 Å². The molecule has 0 amide bonds. The van der Waals surface area contributed by atoms with Crippen molar-refractivity contribution in [3.63, 3.8) is 0 Å². The number of aromatic nitrogens is 2. The summed E-state index contributed by atoms with van der Waals surface area (Å²) in [4.78, 5) is 7.92. The van der Waals surface area contributed by atoms with Gasteiger partial charge in [-0.15, -0.1) is 0 Å². The molecule has 13 heavy (non-hydrogen) atoms. The summed E-state index contributed by atoms with van der Waals surface area (Å²) < 4.78 is 0. The van der Waals surface area contributed by atoms with Gasteiger partial charge in [-0.2, -0.15) is 0 Å². The van der Waals surface area contributed by atoms with Gasteiger partial charge in [0.1, 0.15) is 11.0 Å². The van der Waals surface area contributed by atoms with Crippen molar-refractivity contribution in [1.29, 1.82) is 0 Å². The minimum Gasteiger partial charge on any atom is -0.394 e. The molecule has 0 aliphatic heterocycles. The van der Waals surface area contributed by atoms with Crippen LogP contribution in [0.2, 0.25) is 5.15 Å². The van der Waals surface area contributed by atoms with Crippen LogP contribution in [0.25, 0.3) is 0 Å². The molecule has 1 fully saturated rings. The summed E-state index contributed by atoms with van der Waals surface area (Å²) >= 11 is 5.66. The van der Waals surface area contributed by atoms with Crippen LogP contribution in [-0.2, 0) is 0 Å². The highest BCUT2D eigenvalue weighted by molar-refractivity contribution is 6.29. The van der Waals surface area contributed by atoms with Crippen molar-refractivity contribution in [3.05, 3.63) is 17.5 Å². The number of nitrogens with zero attached hydrogens (tertiary/aromatic N) is 2. The third kappa shape index (κ3) is 1.89. The fourth-order valence-electron chi connectivity index (χ4n) is 1.15. The predicted molar refractivity (Wildman–Crippen MR) is 49.7 cm³/mol. The van der Waals surface area contributed by atoms with Crippen LogP contribution >= 0.6 is 11.6 Å². The van der Waals surface area contributed by atoms with Crippen molar-refractivity contribution in [2.24, 2.45) is 0 Å². The molecular formula is C8H10ClN3O. The first kappa shape index (κ1) is 8.72. The lowest BCUT2D eigenvalue weighted by Crippen LogP contribution is -2.26. The Morgan fingerprint density at radius 1 is 1.54 bits per heavy atom. The highest BCUT2D eigenvalue weighted by atomic mass is 35.5. The van der Waals surface area contributed by atoms with Crippen molar-refractivity contribution < 1.29 is 5.11 Å². The van der Waals surface area contributed by atoms with Crippen LogP contribution in [0.3, 0.4) is 0 Å². The monoisotopic (exact) mass is 199 g/mol. The Morgan fingerprint density at radius 3 is 2.85 bits per heavy atom. The Morgan fingerprint density at radius 2 is 2.31 bits per heavy atom. The number of aliphatic hydroxyl groups is 1. The van der Waals surface area contributed by atoms with Crippen LogP contribution in [0.1, 0.15) is 12.8 Å². The van der Waals surface area contributed by atoms with E-state index in [0.29, 0.717) is 11.0 Å². The van der Waals surface area contributed by atoms with Crippen LogP contribution in [0.5, 0.6) is 0 Å². The smallest absolute Gasteiger partial charge is 0.149 e. The number of halogens is 1. The lowest BCUT2D eigenvalue weighted by molar-refractivity contribution is 0.266. The largest absolute Gasteiger partial charge is 0.394 e. The second-order valence-electron chi connectivity index (χ2n) is 3.29. The molecule has 1 saturated carbocycles. The molecule has 70 valence electrons. The van der Waals surface area contributed by atoms with E-state index < -0.39 is 0 Å². The highest BCUT2D eigenvalue weighted by Gasteiger charge is 2.42. The minimum absolute atomic E-state index is 0.126. The summed E-state index contributed by atoms with van der Waals surface area (Å²) in [6.07, 6.45) is 5.02. The van der Waals surface area contributed by atoms with E-state index in [0.717, 1.165) is 12.8 Å². The predicted octanol–water partition coefficient (Wildman–Crippen LogP) is 1.07. The molecule has 0 saturated heterocycles. The molecular weight excluding hydrogens is 190 g/mol. The van der Waals surface area contributed by atoms with Crippen molar-refractivity contribution >= 4 is 17.4 Å². The van der Waals surface area contributed by atoms with Crippen LogP contribution in [-0.4, -0.2) is 27.2 Å². The minimum atomic E-state index is -0.167. The van der Waals surface area contributed by atoms with Gasteiger partial charge in [-0.3, -0.25) is 4.98 Å². The molecule has 4 nitrogen and oxygen atoms in total. The van der Waals surface area contributed by atoms with Gasteiger partial charge < -0.3 is 10.4 Å². The molecule has 0 atom stereocenters. The van der Waals surface area contributed by atoms with E-state index in [1.54, 1.807) is 6.20 Å². The number of hydrogen-bond acceptors (Lipinski definition) is 4. The Kier molecular flexibility index (Phi) is 2.09. The Labute approximate surface area is 81.0 Å². The molecule has 5 heteroatoms.